The van der Waals surface area contributed by atoms with E-state index in [2.05, 4.69) is 24.4 Å². The van der Waals surface area contributed by atoms with Gasteiger partial charge in [-0.1, -0.05) is 37.5 Å². The molecule has 1 atom stereocenters. The van der Waals surface area contributed by atoms with Crippen molar-refractivity contribution in [1.82, 2.24) is 5.32 Å². The van der Waals surface area contributed by atoms with E-state index in [-0.39, 0.29) is 24.4 Å². The average molecular weight is 343 g/mol. The Bertz CT molecular complexity index is 464. The molecule has 124 valence electrons. The molecule has 1 aliphatic rings. The minimum Gasteiger partial charge on any atom is -0.351 e. The van der Waals surface area contributed by atoms with Crippen LogP contribution in [0.1, 0.15) is 37.7 Å². The predicted molar refractivity (Wildman–Crippen MR) is 96.7 cm³/mol. The first kappa shape index (κ1) is 19.3. The van der Waals surface area contributed by atoms with E-state index in [1.807, 2.05) is 12.1 Å². The number of amides is 1. The van der Waals surface area contributed by atoms with Crippen LogP contribution in [0.25, 0.3) is 0 Å². The molecule has 0 heterocycles. The molecular formula is C17H27ClN2OS. The molecule has 0 spiro atoms. The number of nitrogens with one attached hydrogen (secondary N) is 1. The first-order valence-electron chi connectivity index (χ1n) is 7.88. The maximum Gasteiger partial charge on any atom is 0.230 e. The van der Waals surface area contributed by atoms with Gasteiger partial charge in [-0.15, -0.1) is 24.2 Å². The Morgan fingerprint density at radius 2 is 2.00 bits per heavy atom. The van der Waals surface area contributed by atoms with Crippen LogP contribution in [-0.4, -0.2) is 24.2 Å². The molecule has 5 heteroatoms. The van der Waals surface area contributed by atoms with Crippen molar-refractivity contribution in [1.29, 1.82) is 0 Å². The largest absolute Gasteiger partial charge is 0.351 e. The number of rotatable bonds is 6. The quantitative estimate of drug-likeness (QED) is 0.777. The lowest BCUT2D eigenvalue weighted by Crippen LogP contribution is -2.46. The molecule has 2 rings (SSSR count). The summed E-state index contributed by atoms with van der Waals surface area (Å²) < 4.78 is 0. The van der Waals surface area contributed by atoms with E-state index in [1.165, 1.54) is 42.6 Å². The van der Waals surface area contributed by atoms with Crippen LogP contribution < -0.4 is 11.1 Å². The van der Waals surface area contributed by atoms with Crippen molar-refractivity contribution in [3.8, 4) is 0 Å². The Morgan fingerprint density at radius 3 is 2.64 bits per heavy atom. The number of nitrogens with two attached hydrogens (primary N) is 1. The van der Waals surface area contributed by atoms with Crippen LogP contribution in [-0.2, 0) is 4.79 Å². The molecule has 1 saturated carbocycles. The molecule has 1 amide bonds. The predicted octanol–water partition coefficient (Wildman–Crippen LogP) is 3.53. The van der Waals surface area contributed by atoms with Gasteiger partial charge in [-0.25, -0.2) is 0 Å². The average Bonchev–Trinajstić information content (AvgIpc) is 2.52. The maximum atomic E-state index is 12.2. The van der Waals surface area contributed by atoms with Crippen molar-refractivity contribution in [3.05, 3.63) is 29.8 Å². The fraction of sp³-hybridized carbons (Fsp3) is 0.588. The molecule has 0 saturated heterocycles. The molecule has 0 aliphatic heterocycles. The summed E-state index contributed by atoms with van der Waals surface area (Å²) in [5.41, 5.74) is 7.08. The normalized spacial score (nSPS) is 16.6. The van der Waals surface area contributed by atoms with Gasteiger partial charge in [-0.3, -0.25) is 4.79 Å². The molecular weight excluding hydrogens is 316 g/mol. The zero-order valence-electron chi connectivity index (χ0n) is 13.2. The second-order valence-electron chi connectivity index (χ2n) is 5.86. The lowest BCUT2D eigenvalue weighted by molar-refractivity contribution is -0.119. The number of benzene rings is 1. The minimum atomic E-state index is 0. The molecule has 1 unspecified atom stereocenters. The van der Waals surface area contributed by atoms with Gasteiger partial charge < -0.3 is 11.1 Å². The number of hydrogen-bond acceptors (Lipinski definition) is 3. The van der Waals surface area contributed by atoms with Crippen LogP contribution in [0.15, 0.2) is 29.2 Å². The number of carbonyl (C=O) groups is 1. The van der Waals surface area contributed by atoms with Crippen LogP contribution in [0.2, 0.25) is 0 Å². The molecule has 1 fully saturated rings. The zero-order chi connectivity index (χ0) is 15.1. The summed E-state index contributed by atoms with van der Waals surface area (Å²) in [6, 6.07) is 8.32. The van der Waals surface area contributed by atoms with Crippen LogP contribution >= 0.6 is 24.2 Å². The number of carbonyl (C=O) groups excluding carboxylic acids is 1. The molecule has 3 N–H and O–H groups in total. The van der Waals surface area contributed by atoms with E-state index >= 15 is 0 Å². The van der Waals surface area contributed by atoms with E-state index in [0.29, 0.717) is 18.2 Å². The summed E-state index contributed by atoms with van der Waals surface area (Å²) in [5, 5.41) is 3.14. The van der Waals surface area contributed by atoms with Gasteiger partial charge in [-0.05, 0) is 37.3 Å². The zero-order valence-corrected chi connectivity index (χ0v) is 14.8. The van der Waals surface area contributed by atoms with Gasteiger partial charge in [0.15, 0.2) is 0 Å². The third-order valence-corrected chi connectivity index (χ3v) is 5.45. The number of thioether (sulfide) groups is 1. The van der Waals surface area contributed by atoms with Gasteiger partial charge in [0, 0.05) is 17.5 Å². The van der Waals surface area contributed by atoms with Crippen molar-refractivity contribution < 1.29 is 4.79 Å². The fourth-order valence-electron chi connectivity index (χ4n) is 3.02. The van der Waals surface area contributed by atoms with Gasteiger partial charge in [0.05, 0.1) is 5.75 Å². The summed E-state index contributed by atoms with van der Waals surface area (Å²) in [4.78, 5) is 13.3. The highest BCUT2D eigenvalue weighted by molar-refractivity contribution is 8.00. The molecule has 1 aromatic carbocycles. The summed E-state index contributed by atoms with van der Waals surface area (Å²) in [6.45, 7) is 2.62. The smallest absolute Gasteiger partial charge is 0.230 e. The Hall–Kier alpha value is -0.710. The minimum absolute atomic E-state index is 0. The summed E-state index contributed by atoms with van der Waals surface area (Å²) in [6.07, 6.45) is 6.27. The Balaban J connectivity index is 0.00000242. The first-order valence-corrected chi connectivity index (χ1v) is 8.87. The second-order valence-corrected chi connectivity index (χ2v) is 6.88. The molecule has 0 bridgehead atoms. The van der Waals surface area contributed by atoms with E-state index in [4.69, 9.17) is 5.73 Å². The van der Waals surface area contributed by atoms with Gasteiger partial charge in [0.2, 0.25) is 5.91 Å². The molecule has 1 aromatic rings. The van der Waals surface area contributed by atoms with Crippen molar-refractivity contribution in [2.45, 2.75) is 50.0 Å². The lowest BCUT2D eigenvalue weighted by atomic mass is 9.84. The second kappa shape index (κ2) is 10.1. The van der Waals surface area contributed by atoms with Crippen LogP contribution in [0.3, 0.4) is 0 Å². The highest BCUT2D eigenvalue weighted by atomic mass is 35.5. The fourth-order valence-corrected chi connectivity index (χ4v) is 3.86. The van der Waals surface area contributed by atoms with E-state index in [1.54, 1.807) is 11.8 Å². The monoisotopic (exact) mass is 342 g/mol. The van der Waals surface area contributed by atoms with Crippen LogP contribution in [0.5, 0.6) is 0 Å². The standard InChI is InChI=1S/C17H26N2OS.ClH/c1-13-7-5-6-10-16(13)21-12-17(20)19-15(11-18)14-8-3-2-4-9-14;/h5-7,10,14-15H,2-4,8-9,11-12,18H2,1H3,(H,19,20);1H. The van der Waals surface area contributed by atoms with Gasteiger partial charge in [0.25, 0.3) is 0 Å². The SMILES string of the molecule is Cc1ccccc1SCC(=O)NC(CN)C1CCCCC1.Cl. The molecule has 0 aromatic heterocycles. The van der Waals surface area contributed by atoms with Gasteiger partial charge in [-0.2, -0.15) is 0 Å². The topological polar surface area (TPSA) is 55.1 Å². The van der Waals surface area contributed by atoms with E-state index < -0.39 is 0 Å². The molecule has 22 heavy (non-hydrogen) atoms. The molecule has 3 nitrogen and oxygen atoms in total. The Morgan fingerprint density at radius 1 is 1.32 bits per heavy atom. The number of aryl methyl sites for hydroxylation is 1. The lowest BCUT2D eigenvalue weighted by Gasteiger charge is -2.30. The van der Waals surface area contributed by atoms with E-state index in [0.717, 1.165) is 0 Å². The van der Waals surface area contributed by atoms with Crippen molar-refractivity contribution >= 4 is 30.1 Å². The highest BCUT2D eigenvalue weighted by Crippen LogP contribution is 2.26. The Kier molecular flexibility index (Phi) is 8.91. The highest BCUT2D eigenvalue weighted by Gasteiger charge is 2.23. The number of halogens is 1. The van der Waals surface area contributed by atoms with Crippen molar-refractivity contribution in [2.24, 2.45) is 11.7 Å². The third kappa shape index (κ3) is 5.82. The summed E-state index contributed by atoms with van der Waals surface area (Å²) >= 11 is 1.60. The number of hydrogen-bond donors (Lipinski definition) is 2. The van der Waals surface area contributed by atoms with Gasteiger partial charge >= 0.3 is 0 Å². The van der Waals surface area contributed by atoms with Crippen LogP contribution in [0.4, 0.5) is 0 Å². The third-order valence-electron chi connectivity index (χ3n) is 4.27. The maximum absolute atomic E-state index is 12.2. The van der Waals surface area contributed by atoms with Crippen molar-refractivity contribution in [2.75, 3.05) is 12.3 Å². The molecule has 1 aliphatic carbocycles. The van der Waals surface area contributed by atoms with Crippen molar-refractivity contribution in [3.63, 3.8) is 0 Å². The first-order chi connectivity index (χ1) is 10.2. The summed E-state index contributed by atoms with van der Waals surface area (Å²) in [7, 11) is 0. The Labute approximate surface area is 144 Å². The molecule has 0 radical (unpaired) electrons. The summed E-state index contributed by atoms with van der Waals surface area (Å²) in [5.74, 6) is 1.13. The van der Waals surface area contributed by atoms with Gasteiger partial charge in [0.1, 0.15) is 0 Å². The van der Waals surface area contributed by atoms with E-state index in [9.17, 15) is 4.79 Å². The van der Waals surface area contributed by atoms with Crippen LogP contribution in [0, 0.1) is 12.8 Å².